The number of phenols is 1. The van der Waals surface area contributed by atoms with Crippen LogP contribution in [0.3, 0.4) is 0 Å². The third kappa shape index (κ3) is 5.73. The molecule has 2 aromatic carbocycles. The molecule has 0 aromatic heterocycles. The summed E-state index contributed by atoms with van der Waals surface area (Å²) in [4.78, 5) is 16.7. The number of amides is 1. The summed E-state index contributed by atoms with van der Waals surface area (Å²) in [6, 6.07) is 17.0. The van der Waals surface area contributed by atoms with Crippen molar-refractivity contribution in [2.45, 2.75) is 31.9 Å². The Morgan fingerprint density at radius 2 is 1.74 bits per heavy atom. The lowest BCUT2D eigenvalue weighted by Gasteiger charge is -2.31. The highest BCUT2D eigenvalue weighted by molar-refractivity contribution is 5.67. The van der Waals surface area contributed by atoms with Crippen molar-refractivity contribution in [1.29, 1.82) is 0 Å². The van der Waals surface area contributed by atoms with E-state index >= 15 is 0 Å². The van der Waals surface area contributed by atoms with Gasteiger partial charge in [0.2, 0.25) is 0 Å². The molecule has 1 N–H and O–H groups in total. The number of nitrogens with zero attached hydrogens (tertiary/aromatic N) is 2. The number of hydrogen-bond donors (Lipinski definition) is 1. The van der Waals surface area contributed by atoms with Crippen LogP contribution in [0.1, 0.15) is 24.0 Å². The maximum Gasteiger partial charge on any atom is 0.410 e. The molecule has 1 fully saturated rings. The first-order valence-electron chi connectivity index (χ1n) is 9.55. The normalized spacial score (nSPS) is 15.4. The molecule has 1 aliphatic heterocycles. The van der Waals surface area contributed by atoms with Gasteiger partial charge in [0.25, 0.3) is 0 Å². The maximum atomic E-state index is 12.6. The number of likely N-dealkylation sites (N-methyl/N-ethyl adjacent to an activating group) is 1. The molecule has 1 unspecified atom stereocenters. The second kappa shape index (κ2) is 9.42. The van der Waals surface area contributed by atoms with Crippen molar-refractivity contribution in [2.75, 3.05) is 26.7 Å². The monoisotopic (exact) mass is 368 g/mol. The standard InChI is InChI=1S/C22H28N2O3/c1-23(22(26)27-17-19-7-3-2-4-8-19)20(16-24-13-5-6-14-24)15-18-9-11-21(25)12-10-18/h2-4,7-12,20,25H,5-6,13-17H2,1H3. The third-order valence-corrected chi connectivity index (χ3v) is 5.12. The van der Waals surface area contributed by atoms with Crippen molar-refractivity contribution >= 4 is 6.09 Å². The Balaban J connectivity index is 1.63. The van der Waals surface area contributed by atoms with E-state index in [9.17, 15) is 9.90 Å². The first-order valence-corrected chi connectivity index (χ1v) is 9.55. The second-order valence-corrected chi connectivity index (χ2v) is 7.18. The number of carbonyl (C=O) groups is 1. The van der Waals surface area contributed by atoms with E-state index in [4.69, 9.17) is 4.74 Å². The van der Waals surface area contributed by atoms with E-state index in [-0.39, 0.29) is 24.5 Å². The summed E-state index contributed by atoms with van der Waals surface area (Å²) in [6.45, 7) is 3.27. The van der Waals surface area contributed by atoms with Crippen LogP contribution < -0.4 is 0 Å². The van der Waals surface area contributed by atoms with Crippen molar-refractivity contribution in [3.63, 3.8) is 0 Å². The van der Waals surface area contributed by atoms with Crippen LogP contribution >= 0.6 is 0 Å². The summed E-state index contributed by atoms with van der Waals surface area (Å²) in [7, 11) is 1.81. The molecule has 27 heavy (non-hydrogen) atoms. The third-order valence-electron chi connectivity index (χ3n) is 5.12. The van der Waals surface area contributed by atoms with E-state index in [0.29, 0.717) is 0 Å². The molecular formula is C22H28N2O3. The fourth-order valence-electron chi connectivity index (χ4n) is 3.46. The summed E-state index contributed by atoms with van der Waals surface area (Å²) in [5.41, 5.74) is 2.08. The molecule has 0 spiro atoms. The summed E-state index contributed by atoms with van der Waals surface area (Å²) in [6.07, 6.45) is 2.86. The van der Waals surface area contributed by atoms with Gasteiger partial charge in [0.1, 0.15) is 12.4 Å². The van der Waals surface area contributed by atoms with Crippen molar-refractivity contribution in [3.8, 4) is 5.75 Å². The van der Waals surface area contributed by atoms with Crippen LogP contribution in [0.15, 0.2) is 54.6 Å². The van der Waals surface area contributed by atoms with Crippen molar-refractivity contribution in [3.05, 3.63) is 65.7 Å². The largest absolute Gasteiger partial charge is 0.508 e. The summed E-state index contributed by atoms with van der Waals surface area (Å²) in [5.74, 6) is 0.255. The SMILES string of the molecule is CN(C(=O)OCc1ccccc1)C(Cc1ccc(O)cc1)CN1CCCC1. The van der Waals surface area contributed by atoms with E-state index in [2.05, 4.69) is 4.90 Å². The summed E-state index contributed by atoms with van der Waals surface area (Å²) < 4.78 is 5.52. The molecule has 0 radical (unpaired) electrons. The van der Waals surface area contributed by atoms with Crippen LogP contribution in [0, 0.1) is 0 Å². The molecule has 1 amide bonds. The zero-order valence-corrected chi connectivity index (χ0v) is 15.9. The van der Waals surface area contributed by atoms with Gasteiger partial charge in [-0.2, -0.15) is 0 Å². The smallest absolute Gasteiger partial charge is 0.410 e. The average molecular weight is 368 g/mol. The Morgan fingerprint density at radius 1 is 1.07 bits per heavy atom. The van der Waals surface area contributed by atoms with E-state index in [1.165, 1.54) is 12.8 Å². The van der Waals surface area contributed by atoms with Crippen molar-refractivity contribution in [2.24, 2.45) is 0 Å². The minimum Gasteiger partial charge on any atom is -0.508 e. The molecule has 3 rings (SSSR count). The van der Waals surface area contributed by atoms with Crippen LogP contribution in [0.25, 0.3) is 0 Å². The highest BCUT2D eigenvalue weighted by Crippen LogP contribution is 2.17. The predicted molar refractivity (Wildman–Crippen MR) is 106 cm³/mol. The fourth-order valence-corrected chi connectivity index (χ4v) is 3.46. The van der Waals surface area contributed by atoms with Gasteiger partial charge >= 0.3 is 6.09 Å². The zero-order chi connectivity index (χ0) is 19.1. The van der Waals surface area contributed by atoms with Crippen molar-refractivity contribution in [1.82, 2.24) is 9.80 Å². The lowest BCUT2D eigenvalue weighted by molar-refractivity contribution is 0.0835. The number of hydrogen-bond acceptors (Lipinski definition) is 4. The molecule has 2 aromatic rings. The number of likely N-dealkylation sites (tertiary alicyclic amines) is 1. The number of rotatable bonds is 7. The van der Waals surface area contributed by atoms with E-state index in [0.717, 1.165) is 37.2 Å². The Kier molecular flexibility index (Phi) is 6.71. The predicted octanol–water partition coefficient (Wildman–Crippen LogP) is 3.67. The molecule has 144 valence electrons. The molecule has 1 saturated heterocycles. The minimum absolute atomic E-state index is 0.0240. The van der Waals surface area contributed by atoms with Crippen LogP contribution in [-0.2, 0) is 17.8 Å². The summed E-state index contributed by atoms with van der Waals surface area (Å²) >= 11 is 0. The van der Waals surface area contributed by atoms with Crippen molar-refractivity contribution < 1.29 is 14.6 Å². The highest BCUT2D eigenvalue weighted by atomic mass is 16.6. The number of ether oxygens (including phenoxy) is 1. The molecule has 0 bridgehead atoms. The van der Waals surface area contributed by atoms with Gasteiger partial charge in [0.15, 0.2) is 0 Å². The van der Waals surface area contributed by atoms with E-state index < -0.39 is 0 Å². The minimum atomic E-state index is -0.304. The number of carbonyl (C=O) groups excluding carboxylic acids is 1. The number of aromatic hydroxyl groups is 1. The Labute approximate surface area is 161 Å². The Hall–Kier alpha value is -2.53. The Bertz CT molecular complexity index is 712. The van der Waals surface area contributed by atoms with Crippen LogP contribution in [0.5, 0.6) is 5.75 Å². The van der Waals surface area contributed by atoms with Gasteiger partial charge in [-0.05, 0) is 55.6 Å². The molecule has 1 aliphatic rings. The van der Waals surface area contributed by atoms with E-state index in [1.54, 1.807) is 17.0 Å². The van der Waals surface area contributed by atoms with Crippen LogP contribution in [0.2, 0.25) is 0 Å². The summed E-state index contributed by atoms with van der Waals surface area (Å²) in [5, 5.41) is 9.50. The maximum absolute atomic E-state index is 12.6. The van der Waals surface area contributed by atoms with Gasteiger partial charge in [0, 0.05) is 13.6 Å². The van der Waals surface area contributed by atoms with Crippen LogP contribution in [-0.4, -0.2) is 53.7 Å². The zero-order valence-electron chi connectivity index (χ0n) is 15.9. The number of benzene rings is 2. The topological polar surface area (TPSA) is 53.0 Å². The molecule has 1 atom stereocenters. The second-order valence-electron chi connectivity index (χ2n) is 7.18. The van der Waals surface area contributed by atoms with Gasteiger partial charge in [-0.15, -0.1) is 0 Å². The van der Waals surface area contributed by atoms with Gasteiger partial charge in [-0.3, -0.25) is 0 Å². The molecule has 5 heteroatoms. The average Bonchev–Trinajstić information content (AvgIpc) is 3.20. The van der Waals surface area contributed by atoms with E-state index in [1.807, 2.05) is 49.5 Å². The van der Waals surface area contributed by atoms with Gasteiger partial charge in [-0.25, -0.2) is 4.79 Å². The molecule has 5 nitrogen and oxygen atoms in total. The van der Waals surface area contributed by atoms with Crippen LogP contribution in [0.4, 0.5) is 4.79 Å². The van der Waals surface area contributed by atoms with Gasteiger partial charge in [-0.1, -0.05) is 42.5 Å². The lowest BCUT2D eigenvalue weighted by atomic mass is 10.0. The quantitative estimate of drug-likeness (QED) is 0.810. The van der Waals surface area contributed by atoms with Gasteiger partial charge < -0.3 is 19.6 Å². The first-order chi connectivity index (χ1) is 13.1. The first kappa shape index (κ1) is 19.2. The Morgan fingerprint density at radius 3 is 2.41 bits per heavy atom. The molecule has 0 saturated carbocycles. The lowest BCUT2D eigenvalue weighted by Crippen LogP contribution is -2.45. The fraction of sp³-hybridized carbons (Fsp3) is 0.409. The molecule has 0 aliphatic carbocycles. The van der Waals surface area contributed by atoms with Gasteiger partial charge in [0.05, 0.1) is 6.04 Å². The molecule has 1 heterocycles. The molecular weight excluding hydrogens is 340 g/mol. The number of phenolic OH excluding ortho intramolecular Hbond substituents is 1. The highest BCUT2D eigenvalue weighted by Gasteiger charge is 2.25.